The van der Waals surface area contributed by atoms with Gasteiger partial charge in [0.15, 0.2) is 0 Å². The second-order valence-electron chi connectivity index (χ2n) is 7.60. The van der Waals surface area contributed by atoms with Gasteiger partial charge in [-0.15, -0.1) is 6.58 Å². The Morgan fingerprint density at radius 3 is 2.84 bits per heavy atom. The van der Waals surface area contributed by atoms with Gasteiger partial charge in [-0.2, -0.15) is 0 Å². The van der Waals surface area contributed by atoms with Gasteiger partial charge in [-0.1, -0.05) is 12.1 Å². The van der Waals surface area contributed by atoms with Gasteiger partial charge in [0.25, 0.3) is 11.5 Å². The first-order valence-corrected chi connectivity index (χ1v) is 10.3. The van der Waals surface area contributed by atoms with Crippen molar-refractivity contribution in [1.82, 2.24) is 24.2 Å². The molecule has 4 heterocycles. The summed E-state index contributed by atoms with van der Waals surface area (Å²) in [5, 5.41) is 11.7. The Bertz CT molecular complexity index is 1270. The monoisotopic (exact) mass is 422 g/mol. The van der Waals surface area contributed by atoms with Crippen LogP contribution in [0, 0.1) is 12.3 Å². The smallest absolute Gasteiger partial charge is 0.267 e. The molecule has 0 radical (unpaired) electrons. The summed E-state index contributed by atoms with van der Waals surface area (Å²) in [5.41, 5.74) is 1.76. The van der Waals surface area contributed by atoms with Gasteiger partial charge in [-0.3, -0.25) is 24.3 Å². The summed E-state index contributed by atoms with van der Waals surface area (Å²) < 4.78 is 8.55. The van der Waals surface area contributed by atoms with Crippen LogP contribution in [0.4, 0.5) is 0 Å². The molecule has 0 atom stereocenters. The lowest BCUT2D eigenvalue weighted by Gasteiger charge is -2.27. The average molecular weight is 422 g/mol. The van der Waals surface area contributed by atoms with E-state index in [-0.39, 0.29) is 23.2 Å². The number of carbonyl (C=O) groups is 1. The molecule has 0 bridgehead atoms. The number of morpholine rings is 1. The van der Waals surface area contributed by atoms with Crippen molar-refractivity contribution in [3.8, 4) is 0 Å². The van der Waals surface area contributed by atoms with Gasteiger partial charge >= 0.3 is 0 Å². The first kappa shape index (κ1) is 21.0. The van der Waals surface area contributed by atoms with E-state index in [0.29, 0.717) is 43.0 Å². The number of nitrogens with one attached hydrogen (secondary N) is 2. The maximum Gasteiger partial charge on any atom is 0.267 e. The average Bonchev–Trinajstić information content (AvgIpc) is 2.78. The Balaban J connectivity index is 1.89. The van der Waals surface area contributed by atoms with E-state index in [9.17, 15) is 9.59 Å². The highest BCUT2D eigenvalue weighted by molar-refractivity contribution is 5.96. The van der Waals surface area contributed by atoms with Crippen molar-refractivity contribution in [3.63, 3.8) is 0 Å². The molecule has 1 saturated heterocycles. The predicted molar refractivity (Wildman–Crippen MR) is 117 cm³/mol. The maximum atomic E-state index is 13.3. The van der Waals surface area contributed by atoms with Crippen LogP contribution in [0.2, 0.25) is 0 Å². The standard InChI is InChI=1S/C22H26N6O3/c1-3-6-24-21(29)16-13-17-20(25-18-5-4-15(2)14-28(18)22(17)30)27(19(16)23)8-7-26-9-11-31-12-10-26/h3-5,13-14,23H,1,6-12H2,2H3,(H,24,29). The predicted octanol–water partition coefficient (Wildman–Crippen LogP) is 0.685. The molecule has 0 spiro atoms. The molecular weight excluding hydrogens is 396 g/mol. The number of nitrogens with zero attached hydrogens (tertiary/aromatic N) is 4. The third kappa shape index (κ3) is 4.14. The topological polar surface area (TPSA) is 105 Å². The highest BCUT2D eigenvalue weighted by Crippen LogP contribution is 2.12. The molecule has 1 fully saturated rings. The van der Waals surface area contributed by atoms with Crippen LogP contribution in [0.1, 0.15) is 15.9 Å². The second kappa shape index (κ2) is 8.83. The number of rotatable bonds is 6. The molecule has 0 aromatic carbocycles. The summed E-state index contributed by atoms with van der Waals surface area (Å²) in [5.74, 6) is -0.416. The third-order valence-electron chi connectivity index (χ3n) is 5.45. The summed E-state index contributed by atoms with van der Waals surface area (Å²) in [7, 11) is 0. The molecule has 162 valence electrons. The zero-order chi connectivity index (χ0) is 22.0. The Labute approximate surface area is 179 Å². The summed E-state index contributed by atoms with van der Waals surface area (Å²) in [4.78, 5) is 32.9. The van der Waals surface area contributed by atoms with Gasteiger partial charge in [0.2, 0.25) is 0 Å². The van der Waals surface area contributed by atoms with E-state index in [2.05, 4.69) is 21.8 Å². The summed E-state index contributed by atoms with van der Waals surface area (Å²) in [6, 6.07) is 5.16. The van der Waals surface area contributed by atoms with Crippen molar-refractivity contribution in [2.45, 2.75) is 13.5 Å². The van der Waals surface area contributed by atoms with Crippen LogP contribution in [-0.2, 0) is 11.3 Å². The van der Waals surface area contributed by atoms with Crippen LogP contribution < -0.4 is 16.4 Å². The molecular formula is C22H26N6O3. The Kier molecular flexibility index (Phi) is 5.97. The fourth-order valence-electron chi connectivity index (χ4n) is 3.76. The first-order valence-electron chi connectivity index (χ1n) is 10.3. The van der Waals surface area contributed by atoms with Gasteiger partial charge in [0.05, 0.1) is 24.2 Å². The number of hydrogen-bond donors (Lipinski definition) is 2. The molecule has 1 aliphatic heterocycles. The number of ether oxygens (including phenoxy) is 1. The van der Waals surface area contributed by atoms with E-state index in [1.54, 1.807) is 22.9 Å². The highest BCUT2D eigenvalue weighted by atomic mass is 16.5. The van der Waals surface area contributed by atoms with Gasteiger partial charge in [0, 0.05) is 38.9 Å². The summed E-state index contributed by atoms with van der Waals surface area (Å²) in [6.07, 6.45) is 3.30. The largest absolute Gasteiger partial charge is 0.379 e. The number of hydrogen-bond acceptors (Lipinski definition) is 6. The number of pyridine rings is 2. The number of fused-ring (bicyclic) bond motifs is 2. The molecule has 31 heavy (non-hydrogen) atoms. The van der Waals surface area contributed by atoms with Crippen LogP contribution in [0.5, 0.6) is 0 Å². The molecule has 3 aromatic rings. The Hall–Kier alpha value is -3.30. The third-order valence-corrected chi connectivity index (χ3v) is 5.45. The van der Waals surface area contributed by atoms with Gasteiger partial charge in [-0.05, 0) is 24.6 Å². The Morgan fingerprint density at radius 1 is 1.32 bits per heavy atom. The van der Waals surface area contributed by atoms with Crippen LogP contribution >= 0.6 is 0 Å². The van der Waals surface area contributed by atoms with Crippen LogP contribution in [0.15, 0.2) is 41.8 Å². The summed E-state index contributed by atoms with van der Waals surface area (Å²) in [6.45, 7) is 9.86. The van der Waals surface area contributed by atoms with E-state index < -0.39 is 5.91 Å². The zero-order valence-electron chi connectivity index (χ0n) is 17.6. The van der Waals surface area contributed by atoms with Crippen molar-refractivity contribution in [1.29, 1.82) is 5.41 Å². The molecule has 1 aliphatic rings. The van der Waals surface area contributed by atoms with Crippen molar-refractivity contribution >= 4 is 22.6 Å². The molecule has 9 nitrogen and oxygen atoms in total. The van der Waals surface area contributed by atoms with Gasteiger partial charge < -0.3 is 14.6 Å². The SMILES string of the molecule is C=CCNC(=O)c1cc2c(=O)n3cc(C)ccc3nc2n(CCN2CCOCC2)c1=N. The van der Waals surface area contributed by atoms with E-state index in [4.69, 9.17) is 10.1 Å². The maximum absolute atomic E-state index is 13.3. The first-order chi connectivity index (χ1) is 15.0. The lowest BCUT2D eigenvalue weighted by Crippen LogP contribution is -2.41. The van der Waals surface area contributed by atoms with E-state index in [1.165, 1.54) is 10.5 Å². The number of amides is 1. The van der Waals surface area contributed by atoms with Crippen LogP contribution in [0.3, 0.4) is 0 Å². The normalized spacial score (nSPS) is 14.7. The minimum atomic E-state index is -0.416. The molecule has 2 N–H and O–H groups in total. The van der Waals surface area contributed by atoms with E-state index >= 15 is 0 Å². The van der Waals surface area contributed by atoms with Crippen molar-refractivity contribution in [2.24, 2.45) is 0 Å². The molecule has 0 unspecified atom stereocenters. The fourth-order valence-corrected chi connectivity index (χ4v) is 3.76. The molecule has 1 amide bonds. The number of aromatic nitrogens is 3. The number of carbonyl (C=O) groups excluding carboxylic acids is 1. The van der Waals surface area contributed by atoms with E-state index in [1.807, 2.05) is 13.0 Å². The summed E-state index contributed by atoms with van der Waals surface area (Å²) >= 11 is 0. The van der Waals surface area contributed by atoms with Crippen LogP contribution in [-0.4, -0.2) is 64.2 Å². The van der Waals surface area contributed by atoms with Gasteiger partial charge in [0.1, 0.15) is 16.8 Å². The molecule has 0 aliphatic carbocycles. The minimum Gasteiger partial charge on any atom is -0.379 e. The van der Waals surface area contributed by atoms with Crippen LogP contribution in [0.25, 0.3) is 16.7 Å². The molecule has 3 aromatic heterocycles. The number of aryl methyl sites for hydroxylation is 1. The molecule has 0 saturated carbocycles. The van der Waals surface area contributed by atoms with Crippen molar-refractivity contribution < 1.29 is 9.53 Å². The fraction of sp³-hybridized carbons (Fsp3) is 0.364. The lowest BCUT2D eigenvalue weighted by molar-refractivity contribution is 0.0363. The van der Waals surface area contributed by atoms with E-state index in [0.717, 1.165) is 18.7 Å². The minimum absolute atomic E-state index is 0.0330. The molecule has 9 heteroatoms. The second-order valence-corrected chi connectivity index (χ2v) is 7.60. The van der Waals surface area contributed by atoms with Crippen molar-refractivity contribution in [2.75, 3.05) is 39.4 Å². The van der Waals surface area contributed by atoms with Gasteiger partial charge in [-0.25, -0.2) is 4.98 Å². The highest BCUT2D eigenvalue weighted by Gasteiger charge is 2.18. The Morgan fingerprint density at radius 2 is 2.10 bits per heavy atom. The van der Waals surface area contributed by atoms with Crippen molar-refractivity contribution in [3.05, 3.63) is 64.0 Å². The lowest BCUT2D eigenvalue weighted by atomic mass is 10.2. The zero-order valence-corrected chi connectivity index (χ0v) is 17.6. The molecule has 4 rings (SSSR count). The quantitative estimate of drug-likeness (QED) is 0.449.